The van der Waals surface area contributed by atoms with Gasteiger partial charge in [0.2, 0.25) is 5.91 Å². The molecule has 150 valence electrons. The first kappa shape index (κ1) is 19.5. The number of anilines is 1. The molecule has 1 fully saturated rings. The van der Waals surface area contributed by atoms with E-state index in [4.69, 9.17) is 16.0 Å². The highest BCUT2D eigenvalue weighted by atomic mass is 35.5. The number of carbonyl (C=O) groups excluding carboxylic acids is 1. The van der Waals surface area contributed by atoms with Gasteiger partial charge < -0.3 is 9.73 Å². The van der Waals surface area contributed by atoms with Crippen molar-refractivity contribution in [3.05, 3.63) is 63.3 Å². The van der Waals surface area contributed by atoms with Gasteiger partial charge in [0.1, 0.15) is 11.6 Å². The van der Waals surface area contributed by atoms with Crippen molar-refractivity contribution in [3.63, 3.8) is 0 Å². The number of hydrogen-bond acceptors (Lipinski definition) is 7. The average Bonchev–Trinajstić information content (AvgIpc) is 3.26. The molecule has 29 heavy (non-hydrogen) atoms. The number of furan rings is 1. The second-order valence-electron chi connectivity index (χ2n) is 6.54. The van der Waals surface area contributed by atoms with Crippen molar-refractivity contribution in [1.82, 2.24) is 14.8 Å². The Hall–Kier alpha value is -2.85. The molecule has 0 saturated heterocycles. The van der Waals surface area contributed by atoms with Crippen LogP contribution in [-0.2, 0) is 11.3 Å². The summed E-state index contributed by atoms with van der Waals surface area (Å²) in [6.07, 6.45) is 3.76. The van der Waals surface area contributed by atoms with Crippen LogP contribution in [0.3, 0.4) is 0 Å². The second kappa shape index (κ2) is 8.26. The van der Waals surface area contributed by atoms with E-state index in [0.29, 0.717) is 17.6 Å². The van der Waals surface area contributed by atoms with Gasteiger partial charge >= 0.3 is 0 Å². The van der Waals surface area contributed by atoms with Crippen LogP contribution in [0.2, 0.25) is 5.02 Å². The molecular weight excluding hydrogens is 418 g/mol. The lowest BCUT2D eigenvalue weighted by Crippen LogP contribution is -2.15. The first-order chi connectivity index (χ1) is 14.0. The number of halogens is 1. The van der Waals surface area contributed by atoms with E-state index in [1.165, 1.54) is 30.0 Å². The van der Waals surface area contributed by atoms with Crippen LogP contribution in [0, 0.1) is 10.1 Å². The first-order valence-electron chi connectivity index (χ1n) is 8.83. The van der Waals surface area contributed by atoms with Gasteiger partial charge in [-0.3, -0.25) is 19.5 Å². The number of non-ortho nitro benzene ring substituents is 1. The van der Waals surface area contributed by atoms with Crippen LogP contribution >= 0.6 is 23.4 Å². The van der Waals surface area contributed by atoms with Crippen LogP contribution in [0.15, 0.2) is 46.2 Å². The maximum atomic E-state index is 12.4. The lowest BCUT2D eigenvalue weighted by atomic mass is 10.3. The summed E-state index contributed by atoms with van der Waals surface area (Å²) in [5.74, 6) is 1.77. The van der Waals surface area contributed by atoms with Crippen molar-refractivity contribution in [3.8, 4) is 0 Å². The zero-order valence-corrected chi connectivity index (χ0v) is 16.7. The zero-order valence-electron chi connectivity index (χ0n) is 15.1. The Morgan fingerprint density at radius 3 is 2.90 bits per heavy atom. The molecule has 1 aliphatic carbocycles. The third kappa shape index (κ3) is 4.60. The molecule has 0 aliphatic heterocycles. The second-order valence-corrected chi connectivity index (χ2v) is 7.89. The molecule has 1 aromatic carbocycles. The number of hydrogen-bond donors (Lipinski definition) is 1. The standard InChI is InChI=1S/C18H16ClN5O4S/c19-14-6-5-12(24(26)27)8-15(14)20-16(25)10-29-18-22-21-17(11-3-4-11)23(18)9-13-2-1-7-28-13/h1-2,5-8,11H,3-4,9-10H2,(H,20,25). The van der Waals surface area contributed by atoms with Gasteiger partial charge in [0.05, 0.1) is 34.2 Å². The molecule has 1 amide bonds. The van der Waals surface area contributed by atoms with Crippen LogP contribution in [0.25, 0.3) is 0 Å². The van der Waals surface area contributed by atoms with Crippen molar-refractivity contribution in [2.24, 2.45) is 0 Å². The van der Waals surface area contributed by atoms with Crippen molar-refractivity contribution in [2.45, 2.75) is 30.5 Å². The van der Waals surface area contributed by atoms with E-state index < -0.39 is 4.92 Å². The van der Waals surface area contributed by atoms with Gasteiger partial charge in [0.25, 0.3) is 5.69 Å². The van der Waals surface area contributed by atoms with Crippen LogP contribution in [0.1, 0.15) is 30.3 Å². The number of nitrogens with zero attached hydrogens (tertiary/aromatic N) is 4. The van der Waals surface area contributed by atoms with Gasteiger partial charge in [0, 0.05) is 18.1 Å². The molecular formula is C18H16ClN5O4S. The molecule has 1 aliphatic rings. The number of nitro groups is 1. The minimum Gasteiger partial charge on any atom is -0.467 e. The quantitative estimate of drug-likeness (QED) is 0.323. The summed E-state index contributed by atoms with van der Waals surface area (Å²) in [4.78, 5) is 22.7. The van der Waals surface area contributed by atoms with Gasteiger partial charge in [-0.15, -0.1) is 10.2 Å². The fourth-order valence-electron chi connectivity index (χ4n) is 2.80. The molecule has 2 aromatic heterocycles. The fraction of sp³-hybridized carbons (Fsp3) is 0.278. The van der Waals surface area contributed by atoms with E-state index in [-0.39, 0.29) is 28.1 Å². The summed E-state index contributed by atoms with van der Waals surface area (Å²) in [6.45, 7) is 0.493. The molecule has 4 rings (SSSR count). The Morgan fingerprint density at radius 2 is 2.21 bits per heavy atom. The molecule has 0 spiro atoms. The van der Waals surface area contributed by atoms with Gasteiger partial charge in [-0.2, -0.15) is 0 Å². The lowest BCUT2D eigenvalue weighted by molar-refractivity contribution is -0.384. The summed E-state index contributed by atoms with van der Waals surface area (Å²) in [7, 11) is 0. The summed E-state index contributed by atoms with van der Waals surface area (Å²) in [5, 5.41) is 22.9. The Balaban J connectivity index is 1.44. The van der Waals surface area contributed by atoms with E-state index in [1.54, 1.807) is 6.26 Å². The summed E-state index contributed by atoms with van der Waals surface area (Å²) in [5.41, 5.74) is 0.0480. The largest absolute Gasteiger partial charge is 0.467 e. The summed E-state index contributed by atoms with van der Waals surface area (Å²) < 4.78 is 7.40. The van der Waals surface area contributed by atoms with Crippen LogP contribution in [0.5, 0.6) is 0 Å². The van der Waals surface area contributed by atoms with Crippen LogP contribution in [-0.4, -0.2) is 31.3 Å². The number of rotatable bonds is 8. The molecule has 9 nitrogen and oxygen atoms in total. The molecule has 0 bridgehead atoms. The zero-order chi connectivity index (χ0) is 20.4. The maximum absolute atomic E-state index is 12.4. The summed E-state index contributed by atoms with van der Waals surface area (Å²) >= 11 is 7.27. The van der Waals surface area contributed by atoms with Gasteiger partial charge in [0.15, 0.2) is 5.16 Å². The molecule has 1 saturated carbocycles. The number of nitro benzene ring substituents is 1. The number of nitrogens with one attached hydrogen (secondary N) is 1. The predicted octanol–water partition coefficient (Wildman–Crippen LogP) is 4.09. The highest BCUT2D eigenvalue weighted by Gasteiger charge is 2.30. The predicted molar refractivity (Wildman–Crippen MR) is 107 cm³/mol. The molecule has 0 radical (unpaired) electrons. The van der Waals surface area contributed by atoms with Crippen LogP contribution in [0.4, 0.5) is 11.4 Å². The average molecular weight is 434 g/mol. The lowest BCUT2D eigenvalue weighted by Gasteiger charge is -2.09. The number of amides is 1. The van der Waals surface area contributed by atoms with Gasteiger partial charge in [-0.25, -0.2) is 0 Å². The molecule has 2 heterocycles. The van der Waals surface area contributed by atoms with E-state index >= 15 is 0 Å². The molecule has 0 unspecified atom stereocenters. The van der Waals surface area contributed by atoms with E-state index in [0.717, 1.165) is 24.4 Å². The smallest absolute Gasteiger partial charge is 0.271 e. The number of carbonyl (C=O) groups is 1. The minimum atomic E-state index is -0.544. The minimum absolute atomic E-state index is 0.0555. The monoisotopic (exact) mass is 433 g/mol. The first-order valence-corrected chi connectivity index (χ1v) is 10.2. The topological polar surface area (TPSA) is 116 Å². The van der Waals surface area contributed by atoms with E-state index in [2.05, 4.69) is 15.5 Å². The SMILES string of the molecule is O=C(CSc1nnc(C2CC2)n1Cc1ccco1)Nc1cc([N+](=O)[O-])ccc1Cl. The Kier molecular flexibility index (Phi) is 5.54. The third-order valence-corrected chi connectivity index (χ3v) is 5.65. The van der Waals surface area contributed by atoms with Crippen molar-refractivity contribution in [2.75, 3.05) is 11.1 Å². The fourth-order valence-corrected chi connectivity index (χ4v) is 3.71. The highest BCUT2D eigenvalue weighted by molar-refractivity contribution is 7.99. The van der Waals surface area contributed by atoms with E-state index in [9.17, 15) is 14.9 Å². The van der Waals surface area contributed by atoms with Crippen LogP contribution < -0.4 is 5.32 Å². The Bertz CT molecular complexity index is 1050. The Morgan fingerprint density at radius 1 is 1.38 bits per heavy atom. The van der Waals surface area contributed by atoms with Gasteiger partial charge in [-0.05, 0) is 31.0 Å². The number of aromatic nitrogens is 3. The van der Waals surface area contributed by atoms with Gasteiger partial charge in [-0.1, -0.05) is 23.4 Å². The van der Waals surface area contributed by atoms with E-state index in [1.807, 2.05) is 16.7 Å². The third-order valence-electron chi connectivity index (χ3n) is 4.35. The van der Waals surface area contributed by atoms with Crippen molar-refractivity contribution < 1.29 is 14.1 Å². The molecule has 0 atom stereocenters. The number of benzene rings is 1. The molecule has 11 heteroatoms. The molecule has 3 aromatic rings. The normalized spacial score (nSPS) is 13.4. The highest BCUT2D eigenvalue weighted by Crippen LogP contribution is 2.40. The Labute approximate surface area is 174 Å². The summed E-state index contributed by atoms with van der Waals surface area (Å²) in [6, 6.07) is 7.59. The van der Waals surface area contributed by atoms with Crippen molar-refractivity contribution in [1.29, 1.82) is 0 Å². The van der Waals surface area contributed by atoms with Crippen molar-refractivity contribution >= 4 is 40.6 Å². The molecule has 1 N–H and O–H groups in total. The maximum Gasteiger partial charge on any atom is 0.271 e. The number of thioether (sulfide) groups is 1.